The zero-order chi connectivity index (χ0) is 13.8. The van der Waals surface area contributed by atoms with Gasteiger partial charge in [0.15, 0.2) is 0 Å². The maximum absolute atomic E-state index is 5.90. The summed E-state index contributed by atoms with van der Waals surface area (Å²) >= 11 is 0. The lowest BCUT2D eigenvalue weighted by atomic mass is 9.69. The summed E-state index contributed by atoms with van der Waals surface area (Å²) in [7, 11) is 0. The van der Waals surface area contributed by atoms with Crippen molar-refractivity contribution >= 4 is 10.8 Å². The average Bonchev–Trinajstić information content (AvgIpc) is 2.46. The van der Waals surface area contributed by atoms with Gasteiger partial charge in [0.05, 0.1) is 0 Å². The van der Waals surface area contributed by atoms with Crippen molar-refractivity contribution in [2.75, 3.05) is 19.6 Å². The molecule has 0 spiro atoms. The van der Waals surface area contributed by atoms with Crippen LogP contribution in [0.25, 0.3) is 10.8 Å². The standard InChI is InChI=1S/C18H24N2/c19-13-18(10-4-11-18)14-20-12-9-16-7-3-6-15-5-1-2-8-17(15)16/h1-3,5-8,20H,4,9-14,19H2. The number of benzene rings is 2. The molecule has 0 radical (unpaired) electrons. The third-order valence-corrected chi connectivity index (χ3v) is 4.80. The fourth-order valence-corrected chi connectivity index (χ4v) is 3.22. The maximum Gasteiger partial charge on any atom is 0.00200 e. The average molecular weight is 268 g/mol. The molecular formula is C18H24N2. The number of hydrogen-bond acceptors (Lipinski definition) is 2. The minimum absolute atomic E-state index is 0.402. The number of hydrogen-bond donors (Lipinski definition) is 2. The third kappa shape index (κ3) is 2.72. The fraction of sp³-hybridized carbons (Fsp3) is 0.444. The molecule has 20 heavy (non-hydrogen) atoms. The molecule has 0 heterocycles. The van der Waals surface area contributed by atoms with Gasteiger partial charge in [0.1, 0.15) is 0 Å². The van der Waals surface area contributed by atoms with E-state index in [0.717, 1.165) is 26.1 Å². The van der Waals surface area contributed by atoms with Gasteiger partial charge in [-0.25, -0.2) is 0 Å². The van der Waals surface area contributed by atoms with E-state index in [1.54, 1.807) is 0 Å². The summed E-state index contributed by atoms with van der Waals surface area (Å²) in [5, 5.41) is 6.33. The largest absolute Gasteiger partial charge is 0.330 e. The molecule has 2 heteroatoms. The van der Waals surface area contributed by atoms with Gasteiger partial charge in [-0.3, -0.25) is 0 Å². The van der Waals surface area contributed by atoms with E-state index in [4.69, 9.17) is 5.73 Å². The molecule has 1 aliphatic carbocycles. The summed E-state index contributed by atoms with van der Waals surface area (Å²) in [5.74, 6) is 0. The molecule has 0 unspecified atom stereocenters. The molecule has 0 aromatic heterocycles. The van der Waals surface area contributed by atoms with Crippen LogP contribution in [-0.4, -0.2) is 19.6 Å². The molecular weight excluding hydrogens is 244 g/mol. The van der Waals surface area contributed by atoms with Crippen LogP contribution in [0, 0.1) is 5.41 Å². The molecule has 1 aliphatic rings. The van der Waals surface area contributed by atoms with Crippen molar-refractivity contribution in [3.05, 3.63) is 48.0 Å². The fourth-order valence-electron chi connectivity index (χ4n) is 3.22. The molecule has 2 nitrogen and oxygen atoms in total. The highest BCUT2D eigenvalue weighted by Gasteiger charge is 2.34. The van der Waals surface area contributed by atoms with Gasteiger partial charge in [-0.1, -0.05) is 48.9 Å². The maximum atomic E-state index is 5.90. The Labute approximate surface area is 121 Å². The zero-order valence-corrected chi connectivity index (χ0v) is 12.1. The van der Waals surface area contributed by atoms with Crippen molar-refractivity contribution in [3.8, 4) is 0 Å². The minimum Gasteiger partial charge on any atom is -0.330 e. The Morgan fingerprint density at radius 3 is 2.60 bits per heavy atom. The van der Waals surface area contributed by atoms with Gasteiger partial charge < -0.3 is 11.1 Å². The van der Waals surface area contributed by atoms with Crippen molar-refractivity contribution in [1.82, 2.24) is 5.32 Å². The van der Waals surface area contributed by atoms with E-state index < -0.39 is 0 Å². The van der Waals surface area contributed by atoms with Crippen LogP contribution in [0.5, 0.6) is 0 Å². The van der Waals surface area contributed by atoms with Gasteiger partial charge in [-0.15, -0.1) is 0 Å². The first-order valence-electron chi connectivity index (χ1n) is 7.70. The predicted molar refractivity (Wildman–Crippen MR) is 85.9 cm³/mol. The van der Waals surface area contributed by atoms with Crippen molar-refractivity contribution in [3.63, 3.8) is 0 Å². The lowest BCUT2D eigenvalue weighted by Crippen LogP contribution is -2.45. The molecule has 106 valence electrons. The Balaban J connectivity index is 1.57. The molecule has 0 amide bonds. The highest BCUT2D eigenvalue weighted by atomic mass is 14.9. The highest BCUT2D eigenvalue weighted by molar-refractivity contribution is 5.85. The van der Waals surface area contributed by atoms with Crippen LogP contribution >= 0.6 is 0 Å². The number of rotatable bonds is 6. The Bertz CT molecular complexity index is 562. The van der Waals surface area contributed by atoms with Crippen molar-refractivity contribution in [2.24, 2.45) is 11.1 Å². The second-order valence-corrected chi connectivity index (χ2v) is 6.12. The van der Waals surface area contributed by atoms with Crippen LogP contribution < -0.4 is 11.1 Å². The quantitative estimate of drug-likeness (QED) is 0.790. The van der Waals surface area contributed by atoms with E-state index in [9.17, 15) is 0 Å². The molecule has 0 bridgehead atoms. The van der Waals surface area contributed by atoms with Gasteiger partial charge in [-0.2, -0.15) is 0 Å². The Hall–Kier alpha value is -1.38. The number of fused-ring (bicyclic) bond motifs is 1. The van der Waals surface area contributed by atoms with E-state index in [1.165, 1.54) is 35.6 Å². The molecule has 0 saturated heterocycles. The van der Waals surface area contributed by atoms with Gasteiger partial charge in [0.25, 0.3) is 0 Å². The van der Waals surface area contributed by atoms with Crippen molar-refractivity contribution in [1.29, 1.82) is 0 Å². The molecule has 1 fully saturated rings. The van der Waals surface area contributed by atoms with E-state index in [2.05, 4.69) is 47.8 Å². The summed E-state index contributed by atoms with van der Waals surface area (Å²) < 4.78 is 0. The zero-order valence-electron chi connectivity index (χ0n) is 12.1. The SMILES string of the molecule is NCC1(CNCCc2cccc3ccccc23)CCC1. The smallest absolute Gasteiger partial charge is 0.00200 e. The first-order valence-corrected chi connectivity index (χ1v) is 7.70. The van der Waals surface area contributed by atoms with Crippen LogP contribution in [0.3, 0.4) is 0 Å². The predicted octanol–water partition coefficient (Wildman–Crippen LogP) is 3.10. The summed E-state index contributed by atoms with van der Waals surface area (Å²) in [6.07, 6.45) is 5.03. The van der Waals surface area contributed by atoms with Gasteiger partial charge in [0, 0.05) is 6.54 Å². The Morgan fingerprint density at radius 1 is 1.05 bits per heavy atom. The minimum atomic E-state index is 0.402. The molecule has 0 atom stereocenters. The van der Waals surface area contributed by atoms with E-state index in [0.29, 0.717) is 5.41 Å². The summed E-state index contributed by atoms with van der Waals surface area (Å²) in [6, 6.07) is 15.2. The molecule has 2 aromatic rings. The number of nitrogens with one attached hydrogen (secondary N) is 1. The molecule has 1 saturated carbocycles. The van der Waals surface area contributed by atoms with E-state index in [1.807, 2.05) is 0 Å². The van der Waals surface area contributed by atoms with Gasteiger partial charge in [0.2, 0.25) is 0 Å². The van der Waals surface area contributed by atoms with Crippen LogP contribution in [0.1, 0.15) is 24.8 Å². The molecule has 0 aliphatic heterocycles. The summed E-state index contributed by atoms with van der Waals surface area (Å²) in [4.78, 5) is 0. The lowest BCUT2D eigenvalue weighted by Gasteiger charge is -2.41. The highest BCUT2D eigenvalue weighted by Crippen LogP contribution is 2.39. The lowest BCUT2D eigenvalue weighted by molar-refractivity contribution is 0.141. The number of nitrogens with two attached hydrogens (primary N) is 1. The van der Waals surface area contributed by atoms with Crippen LogP contribution in [0.4, 0.5) is 0 Å². The third-order valence-electron chi connectivity index (χ3n) is 4.80. The molecule has 3 N–H and O–H groups in total. The van der Waals surface area contributed by atoms with Crippen LogP contribution in [0.15, 0.2) is 42.5 Å². The van der Waals surface area contributed by atoms with Crippen molar-refractivity contribution in [2.45, 2.75) is 25.7 Å². The van der Waals surface area contributed by atoms with Crippen LogP contribution in [0.2, 0.25) is 0 Å². The summed E-state index contributed by atoms with van der Waals surface area (Å²) in [5.41, 5.74) is 7.73. The van der Waals surface area contributed by atoms with E-state index in [-0.39, 0.29) is 0 Å². The first-order chi connectivity index (χ1) is 9.83. The topological polar surface area (TPSA) is 38.0 Å². The molecule has 2 aromatic carbocycles. The van der Waals surface area contributed by atoms with Crippen LogP contribution in [-0.2, 0) is 6.42 Å². The van der Waals surface area contributed by atoms with Crippen molar-refractivity contribution < 1.29 is 0 Å². The second-order valence-electron chi connectivity index (χ2n) is 6.12. The first kappa shape index (κ1) is 13.6. The summed E-state index contributed by atoms with van der Waals surface area (Å²) in [6.45, 7) is 2.94. The van der Waals surface area contributed by atoms with Gasteiger partial charge in [-0.05, 0) is 54.1 Å². The normalized spacial score (nSPS) is 17.1. The van der Waals surface area contributed by atoms with Gasteiger partial charge >= 0.3 is 0 Å². The Morgan fingerprint density at radius 2 is 1.85 bits per heavy atom. The second kappa shape index (κ2) is 5.94. The monoisotopic (exact) mass is 268 g/mol. The van der Waals surface area contributed by atoms with E-state index >= 15 is 0 Å². The molecule has 3 rings (SSSR count). The Kier molecular flexibility index (Phi) is 4.04.